The molecule has 0 aromatic heterocycles. The third-order valence-corrected chi connectivity index (χ3v) is 4.05. The quantitative estimate of drug-likeness (QED) is 0.657. The van der Waals surface area contributed by atoms with Gasteiger partial charge in [-0.15, -0.1) is 0 Å². The molecule has 0 bridgehead atoms. The highest BCUT2D eigenvalue weighted by Gasteiger charge is 2.40. The van der Waals surface area contributed by atoms with E-state index in [1.165, 1.54) is 12.1 Å². The summed E-state index contributed by atoms with van der Waals surface area (Å²) in [6.45, 7) is 1.19. The summed E-state index contributed by atoms with van der Waals surface area (Å²) < 4.78 is 0. The van der Waals surface area contributed by atoms with E-state index >= 15 is 0 Å². The van der Waals surface area contributed by atoms with E-state index in [4.69, 9.17) is 11.6 Å². The maximum Gasteiger partial charge on any atom is 0.311 e. The van der Waals surface area contributed by atoms with Gasteiger partial charge >= 0.3 is 5.97 Å². The molecule has 1 unspecified atom stereocenters. The topological polar surface area (TPSA) is 92.5 Å². The van der Waals surface area contributed by atoms with Crippen LogP contribution in [0.1, 0.15) is 18.4 Å². The number of hydrogen-bond donors (Lipinski definition) is 2. The molecule has 1 aromatic carbocycles. The van der Waals surface area contributed by atoms with Crippen LogP contribution in [0.25, 0.3) is 0 Å². The van der Waals surface area contributed by atoms with Gasteiger partial charge in [0.25, 0.3) is 5.69 Å². The fourth-order valence-electron chi connectivity index (χ4n) is 2.53. The van der Waals surface area contributed by atoms with Crippen molar-refractivity contribution >= 4 is 23.3 Å². The van der Waals surface area contributed by atoms with Crippen molar-refractivity contribution in [1.29, 1.82) is 0 Å². The van der Waals surface area contributed by atoms with E-state index in [0.717, 1.165) is 13.0 Å². The predicted molar refractivity (Wildman–Crippen MR) is 74.0 cm³/mol. The van der Waals surface area contributed by atoms with Gasteiger partial charge in [-0.1, -0.05) is 17.7 Å². The van der Waals surface area contributed by atoms with E-state index in [1.54, 1.807) is 6.07 Å². The number of benzene rings is 1. The molecule has 108 valence electrons. The fraction of sp³-hybridized carbons (Fsp3) is 0.462. The average Bonchev–Trinajstić information content (AvgIpc) is 2.41. The van der Waals surface area contributed by atoms with Crippen LogP contribution in [0.15, 0.2) is 18.2 Å². The van der Waals surface area contributed by atoms with Gasteiger partial charge in [0.15, 0.2) is 0 Å². The minimum atomic E-state index is -0.891. The van der Waals surface area contributed by atoms with Gasteiger partial charge in [0.2, 0.25) is 0 Å². The number of non-ortho nitro benzene ring substituents is 1. The summed E-state index contributed by atoms with van der Waals surface area (Å²) in [4.78, 5) is 21.7. The van der Waals surface area contributed by atoms with Gasteiger partial charge < -0.3 is 10.4 Å². The molecule has 6 nitrogen and oxygen atoms in total. The molecule has 1 fully saturated rings. The number of nitro benzene ring substituents is 1. The van der Waals surface area contributed by atoms with Crippen LogP contribution >= 0.6 is 11.6 Å². The highest BCUT2D eigenvalue weighted by Crippen LogP contribution is 2.34. The Bertz CT molecular complexity index is 541. The van der Waals surface area contributed by atoms with Crippen LogP contribution in [-0.4, -0.2) is 29.1 Å². The molecule has 0 amide bonds. The number of carboxylic acid groups (broad SMARTS) is 1. The Hall–Kier alpha value is -1.66. The molecule has 0 radical (unpaired) electrons. The van der Waals surface area contributed by atoms with Crippen LogP contribution in [0.3, 0.4) is 0 Å². The largest absolute Gasteiger partial charge is 0.481 e. The van der Waals surface area contributed by atoms with Crippen LogP contribution in [0, 0.1) is 15.5 Å². The van der Waals surface area contributed by atoms with Crippen LogP contribution in [0.5, 0.6) is 0 Å². The first-order chi connectivity index (χ1) is 9.44. The number of nitro groups is 1. The molecule has 0 spiro atoms. The molecule has 1 atom stereocenters. The van der Waals surface area contributed by atoms with Gasteiger partial charge in [-0.25, -0.2) is 0 Å². The van der Waals surface area contributed by atoms with E-state index in [-0.39, 0.29) is 17.1 Å². The van der Waals surface area contributed by atoms with Gasteiger partial charge in [-0.05, 0) is 31.4 Å². The molecule has 1 heterocycles. The van der Waals surface area contributed by atoms with Crippen LogP contribution < -0.4 is 5.32 Å². The zero-order valence-corrected chi connectivity index (χ0v) is 11.5. The smallest absolute Gasteiger partial charge is 0.311 e. The highest BCUT2D eigenvalue weighted by molar-refractivity contribution is 6.31. The number of halogens is 1. The summed E-state index contributed by atoms with van der Waals surface area (Å²) in [7, 11) is 0. The zero-order chi connectivity index (χ0) is 14.8. The average molecular weight is 299 g/mol. The summed E-state index contributed by atoms with van der Waals surface area (Å²) in [6, 6.07) is 4.16. The minimum Gasteiger partial charge on any atom is -0.481 e. The maximum atomic E-state index is 11.6. The number of piperidine rings is 1. The lowest BCUT2D eigenvalue weighted by molar-refractivity contribution is -0.384. The predicted octanol–water partition coefficient (Wildman–Crippen LogP) is 2.25. The Morgan fingerprint density at radius 2 is 2.30 bits per heavy atom. The lowest BCUT2D eigenvalue weighted by Gasteiger charge is -2.34. The first kappa shape index (κ1) is 14.7. The number of aliphatic carboxylic acids is 1. The Kier molecular flexibility index (Phi) is 4.25. The van der Waals surface area contributed by atoms with E-state index in [9.17, 15) is 20.0 Å². The Morgan fingerprint density at radius 1 is 1.55 bits per heavy atom. The number of nitrogens with zero attached hydrogens (tertiary/aromatic N) is 1. The fourth-order valence-corrected chi connectivity index (χ4v) is 2.78. The normalized spacial score (nSPS) is 22.4. The minimum absolute atomic E-state index is 0.0927. The molecule has 7 heteroatoms. The molecule has 1 aliphatic heterocycles. The van der Waals surface area contributed by atoms with Crippen molar-refractivity contribution in [3.8, 4) is 0 Å². The molecule has 0 saturated carbocycles. The molecule has 0 aliphatic carbocycles. The van der Waals surface area contributed by atoms with Gasteiger partial charge in [0.05, 0.1) is 15.4 Å². The van der Waals surface area contributed by atoms with Crippen molar-refractivity contribution in [2.45, 2.75) is 19.3 Å². The number of hydrogen-bond acceptors (Lipinski definition) is 4. The Balaban J connectivity index is 2.27. The molecule has 1 aliphatic rings. The number of carboxylic acids is 1. The van der Waals surface area contributed by atoms with Gasteiger partial charge in [-0.2, -0.15) is 0 Å². The third kappa shape index (κ3) is 2.91. The van der Waals surface area contributed by atoms with Crippen molar-refractivity contribution < 1.29 is 14.8 Å². The van der Waals surface area contributed by atoms with Gasteiger partial charge in [-0.3, -0.25) is 14.9 Å². The zero-order valence-electron chi connectivity index (χ0n) is 10.8. The van der Waals surface area contributed by atoms with Crippen molar-refractivity contribution in [3.05, 3.63) is 38.9 Å². The molecule has 2 rings (SSSR count). The lowest BCUT2D eigenvalue weighted by atomic mass is 9.76. The summed E-state index contributed by atoms with van der Waals surface area (Å²) in [5.41, 5.74) is -0.355. The second-order valence-corrected chi connectivity index (χ2v) is 5.48. The maximum absolute atomic E-state index is 11.6. The van der Waals surface area contributed by atoms with Crippen molar-refractivity contribution in [1.82, 2.24) is 5.32 Å². The monoisotopic (exact) mass is 298 g/mol. The number of nitrogens with one attached hydrogen (secondary N) is 1. The lowest BCUT2D eigenvalue weighted by Crippen LogP contribution is -2.47. The van der Waals surface area contributed by atoms with Crippen LogP contribution in [-0.2, 0) is 11.2 Å². The molecular formula is C13H15ClN2O4. The summed E-state index contributed by atoms with van der Waals surface area (Å²) >= 11 is 6.04. The molecule has 1 aromatic rings. The van der Waals surface area contributed by atoms with Crippen molar-refractivity contribution in [2.24, 2.45) is 5.41 Å². The first-order valence-electron chi connectivity index (χ1n) is 6.31. The number of carbonyl (C=O) groups is 1. The summed E-state index contributed by atoms with van der Waals surface area (Å²) in [6.07, 6.45) is 1.63. The van der Waals surface area contributed by atoms with E-state index in [2.05, 4.69) is 5.32 Å². The summed E-state index contributed by atoms with van der Waals surface area (Å²) in [5, 5.41) is 23.5. The molecule has 1 saturated heterocycles. The highest BCUT2D eigenvalue weighted by atomic mass is 35.5. The Morgan fingerprint density at radius 3 is 2.80 bits per heavy atom. The SMILES string of the molecule is O=C(O)C1(Cc2ccc([N+](=O)[O-])cc2Cl)CCCNC1. The van der Waals surface area contributed by atoms with Gasteiger partial charge in [0, 0.05) is 18.7 Å². The second-order valence-electron chi connectivity index (χ2n) is 5.08. The van der Waals surface area contributed by atoms with Gasteiger partial charge in [0.1, 0.15) is 0 Å². The standard InChI is InChI=1S/C13H15ClN2O4/c14-11-6-10(16(19)20)3-2-9(11)7-13(12(17)18)4-1-5-15-8-13/h2-3,6,15H,1,4-5,7-8H2,(H,17,18). The third-order valence-electron chi connectivity index (χ3n) is 3.70. The van der Waals surface area contributed by atoms with Crippen LogP contribution in [0.2, 0.25) is 5.02 Å². The molecule has 2 N–H and O–H groups in total. The van der Waals surface area contributed by atoms with Crippen molar-refractivity contribution in [2.75, 3.05) is 13.1 Å². The van der Waals surface area contributed by atoms with Crippen molar-refractivity contribution in [3.63, 3.8) is 0 Å². The van der Waals surface area contributed by atoms with E-state index in [1.807, 2.05) is 0 Å². The van der Waals surface area contributed by atoms with Crippen LogP contribution in [0.4, 0.5) is 5.69 Å². The first-order valence-corrected chi connectivity index (χ1v) is 6.69. The second kappa shape index (κ2) is 5.76. The number of rotatable bonds is 4. The van der Waals surface area contributed by atoms with E-state index in [0.29, 0.717) is 18.5 Å². The molecular weight excluding hydrogens is 284 g/mol. The Labute approximate surface area is 120 Å². The summed E-state index contributed by atoms with van der Waals surface area (Å²) in [5.74, 6) is -0.862. The van der Waals surface area contributed by atoms with E-state index < -0.39 is 16.3 Å². The molecule has 20 heavy (non-hydrogen) atoms.